The lowest BCUT2D eigenvalue weighted by Crippen LogP contribution is -2.89. The number of hydrogen-bond donors (Lipinski definition) is 3. The Balaban J connectivity index is 2.89. The van der Waals surface area contributed by atoms with E-state index >= 15 is 0 Å². The van der Waals surface area contributed by atoms with Crippen molar-refractivity contribution >= 4 is 0 Å². The summed E-state index contributed by atoms with van der Waals surface area (Å²) in [5.41, 5.74) is 2.58. The highest BCUT2D eigenvalue weighted by atomic mass is 16.5. The molecule has 4 heteroatoms. The SMILES string of the molecule is COc1cc(C[NH2+]N)ccc1O. The molecule has 1 aromatic carbocycles. The molecule has 0 bridgehead atoms. The Bertz CT molecular complexity index is 263. The third kappa shape index (κ3) is 1.87. The summed E-state index contributed by atoms with van der Waals surface area (Å²) in [6.45, 7) is 0.677. The average Bonchev–Trinajstić information content (AvgIpc) is 2.09. The van der Waals surface area contributed by atoms with Crippen LogP contribution in [0, 0.1) is 0 Å². The summed E-state index contributed by atoms with van der Waals surface area (Å²) >= 11 is 0. The van der Waals surface area contributed by atoms with Crippen LogP contribution in [0.5, 0.6) is 11.5 Å². The van der Waals surface area contributed by atoms with Crippen LogP contribution >= 0.6 is 0 Å². The van der Waals surface area contributed by atoms with E-state index < -0.39 is 0 Å². The van der Waals surface area contributed by atoms with Gasteiger partial charge in [0.1, 0.15) is 6.54 Å². The van der Waals surface area contributed by atoms with Crippen LogP contribution in [0.3, 0.4) is 0 Å². The van der Waals surface area contributed by atoms with E-state index in [0.29, 0.717) is 12.3 Å². The molecule has 0 unspecified atom stereocenters. The van der Waals surface area contributed by atoms with E-state index in [2.05, 4.69) is 0 Å². The molecule has 0 amide bonds. The standard InChI is InChI=1S/C8H12N2O2/c1-12-8-4-6(5-10-9)2-3-7(8)11/h2-4,10-11H,5,9H2,1H3/p+1. The summed E-state index contributed by atoms with van der Waals surface area (Å²) in [7, 11) is 1.52. The number of methoxy groups -OCH3 is 1. The van der Waals surface area contributed by atoms with Crippen LogP contribution in [0.25, 0.3) is 0 Å². The summed E-state index contributed by atoms with van der Waals surface area (Å²) in [4.78, 5) is 0. The lowest BCUT2D eigenvalue weighted by atomic mass is 10.2. The summed E-state index contributed by atoms with van der Waals surface area (Å²) in [5, 5.41) is 9.24. The normalized spacial score (nSPS) is 9.83. The molecule has 0 atom stereocenters. The minimum absolute atomic E-state index is 0.151. The van der Waals surface area contributed by atoms with E-state index in [0.717, 1.165) is 5.56 Å². The third-order valence-electron chi connectivity index (χ3n) is 1.60. The molecule has 0 heterocycles. The van der Waals surface area contributed by atoms with E-state index in [9.17, 15) is 5.11 Å². The molecule has 5 N–H and O–H groups in total. The molecule has 0 saturated heterocycles. The first-order chi connectivity index (χ1) is 5.77. The largest absolute Gasteiger partial charge is 0.504 e. The Hall–Kier alpha value is -1.26. The fourth-order valence-electron chi connectivity index (χ4n) is 0.985. The lowest BCUT2D eigenvalue weighted by molar-refractivity contribution is -0.683. The Morgan fingerprint density at radius 2 is 2.33 bits per heavy atom. The van der Waals surface area contributed by atoms with E-state index in [4.69, 9.17) is 10.6 Å². The van der Waals surface area contributed by atoms with Crippen LogP contribution < -0.4 is 16.0 Å². The van der Waals surface area contributed by atoms with Crippen molar-refractivity contribution in [1.29, 1.82) is 0 Å². The number of phenolic OH excluding ortho intramolecular Hbond substituents is 1. The molecular weight excluding hydrogens is 156 g/mol. The lowest BCUT2D eigenvalue weighted by Gasteiger charge is -2.04. The van der Waals surface area contributed by atoms with Crippen molar-refractivity contribution in [3.63, 3.8) is 0 Å². The summed E-state index contributed by atoms with van der Waals surface area (Å²) < 4.78 is 4.93. The maximum absolute atomic E-state index is 9.24. The van der Waals surface area contributed by atoms with Crippen LogP contribution in [0.15, 0.2) is 18.2 Å². The number of rotatable bonds is 3. The molecule has 0 radical (unpaired) electrons. The smallest absolute Gasteiger partial charge is 0.160 e. The molecule has 0 aromatic heterocycles. The van der Waals surface area contributed by atoms with Crippen molar-refractivity contribution in [2.45, 2.75) is 6.54 Å². The van der Waals surface area contributed by atoms with Gasteiger partial charge in [-0.15, -0.1) is 0 Å². The number of nitrogens with two attached hydrogens (primary N) is 2. The Labute approximate surface area is 70.9 Å². The van der Waals surface area contributed by atoms with E-state index in [1.54, 1.807) is 23.6 Å². The molecule has 1 aromatic rings. The minimum atomic E-state index is 0.151. The first-order valence-electron chi connectivity index (χ1n) is 3.67. The van der Waals surface area contributed by atoms with E-state index in [-0.39, 0.29) is 5.75 Å². The van der Waals surface area contributed by atoms with Gasteiger partial charge in [0.2, 0.25) is 0 Å². The van der Waals surface area contributed by atoms with E-state index in [1.807, 2.05) is 0 Å². The number of quaternary nitrogens is 1. The molecule has 0 aliphatic heterocycles. The number of benzene rings is 1. The number of aromatic hydroxyl groups is 1. The van der Waals surface area contributed by atoms with E-state index in [1.165, 1.54) is 7.11 Å². The predicted octanol–water partition coefficient (Wildman–Crippen LogP) is -0.662. The van der Waals surface area contributed by atoms with Crippen molar-refractivity contribution in [3.05, 3.63) is 23.8 Å². The molecule has 0 fully saturated rings. The Morgan fingerprint density at radius 1 is 1.58 bits per heavy atom. The van der Waals surface area contributed by atoms with Crippen LogP contribution in [0.1, 0.15) is 5.56 Å². The second kappa shape index (κ2) is 3.94. The minimum Gasteiger partial charge on any atom is -0.504 e. The molecule has 4 nitrogen and oxygen atoms in total. The van der Waals surface area contributed by atoms with Gasteiger partial charge in [-0.05, 0) is 18.2 Å². The zero-order valence-electron chi connectivity index (χ0n) is 6.95. The van der Waals surface area contributed by atoms with Crippen molar-refractivity contribution in [3.8, 4) is 11.5 Å². The predicted molar refractivity (Wildman–Crippen MR) is 44.5 cm³/mol. The van der Waals surface area contributed by atoms with Gasteiger partial charge in [-0.3, -0.25) is 5.43 Å². The van der Waals surface area contributed by atoms with Crippen LogP contribution in [0.2, 0.25) is 0 Å². The van der Waals surface area contributed by atoms with Crippen molar-refractivity contribution in [2.24, 2.45) is 5.84 Å². The van der Waals surface area contributed by atoms with Gasteiger partial charge in [-0.1, -0.05) is 0 Å². The maximum Gasteiger partial charge on any atom is 0.160 e. The highest BCUT2D eigenvalue weighted by Crippen LogP contribution is 2.25. The molecular formula is C8H13N2O2+. The van der Waals surface area contributed by atoms with Gasteiger partial charge in [0.15, 0.2) is 11.5 Å². The third-order valence-corrected chi connectivity index (χ3v) is 1.60. The Kier molecular flexibility index (Phi) is 2.90. The average molecular weight is 169 g/mol. The molecule has 66 valence electrons. The van der Waals surface area contributed by atoms with Gasteiger partial charge in [-0.25, -0.2) is 0 Å². The topological polar surface area (TPSA) is 72.1 Å². The Morgan fingerprint density at radius 3 is 2.92 bits per heavy atom. The number of ether oxygens (including phenoxy) is 1. The highest BCUT2D eigenvalue weighted by molar-refractivity contribution is 5.41. The number of hydrogen-bond acceptors (Lipinski definition) is 3. The quantitative estimate of drug-likeness (QED) is 0.415. The zero-order chi connectivity index (χ0) is 8.97. The van der Waals surface area contributed by atoms with Crippen molar-refractivity contribution < 1.29 is 15.3 Å². The first-order valence-corrected chi connectivity index (χ1v) is 3.67. The summed E-state index contributed by atoms with van der Waals surface area (Å²) in [6, 6.07) is 5.16. The molecule has 0 saturated carbocycles. The van der Waals surface area contributed by atoms with Gasteiger partial charge in [0, 0.05) is 5.56 Å². The molecule has 0 aliphatic carbocycles. The van der Waals surface area contributed by atoms with Gasteiger partial charge in [0.25, 0.3) is 0 Å². The van der Waals surface area contributed by atoms with Gasteiger partial charge >= 0.3 is 0 Å². The van der Waals surface area contributed by atoms with Crippen LogP contribution in [-0.4, -0.2) is 12.2 Å². The second-order valence-electron chi connectivity index (χ2n) is 2.45. The fraction of sp³-hybridized carbons (Fsp3) is 0.250. The highest BCUT2D eigenvalue weighted by Gasteiger charge is 2.02. The van der Waals surface area contributed by atoms with Gasteiger partial charge in [0.05, 0.1) is 7.11 Å². The molecule has 12 heavy (non-hydrogen) atoms. The zero-order valence-corrected chi connectivity index (χ0v) is 6.95. The monoisotopic (exact) mass is 169 g/mol. The second-order valence-corrected chi connectivity index (χ2v) is 2.45. The van der Waals surface area contributed by atoms with Gasteiger partial charge < -0.3 is 9.84 Å². The fourth-order valence-corrected chi connectivity index (χ4v) is 0.985. The van der Waals surface area contributed by atoms with Crippen molar-refractivity contribution in [1.82, 2.24) is 0 Å². The van der Waals surface area contributed by atoms with Crippen molar-refractivity contribution in [2.75, 3.05) is 7.11 Å². The number of phenols is 1. The summed E-state index contributed by atoms with van der Waals surface area (Å²) in [6.07, 6.45) is 0. The molecule has 0 spiro atoms. The summed E-state index contributed by atoms with van der Waals surface area (Å²) in [5.74, 6) is 5.89. The molecule has 1 rings (SSSR count). The van der Waals surface area contributed by atoms with Gasteiger partial charge in [-0.2, -0.15) is 5.84 Å². The first kappa shape index (κ1) is 8.83. The maximum atomic E-state index is 9.24. The van der Waals surface area contributed by atoms with Crippen LogP contribution in [0.4, 0.5) is 0 Å². The molecule has 0 aliphatic rings. The van der Waals surface area contributed by atoms with Crippen LogP contribution in [-0.2, 0) is 6.54 Å².